The van der Waals surface area contributed by atoms with E-state index in [2.05, 4.69) is 55.0 Å². The first-order valence-electron chi connectivity index (χ1n) is 7.34. The molecular weight excluding hydrogens is 340 g/mol. The molecule has 5 heteroatoms. The molecule has 0 atom stereocenters. The van der Waals surface area contributed by atoms with Crippen LogP contribution in [-0.2, 0) is 0 Å². The van der Waals surface area contributed by atoms with E-state index in [0.29, 0.717) is 0 Å². The minimum Gasteiger partial charge on any atom is -0.258 e. The minimum atomic E-state index is 0.960. The lowest BCUT2D eigenvalue weighted by atomic mass is 10.3. The lowest BCUT2D eigenvalue weighted by Gasteiger charge is -1.95. The van der Waals surface area contributed by atoms with Crippen LogP contribution in [0.3, 0.4) is 0 Å². The summed E-state index contributed by atoms with van der Waals surface area (Å²) in [5, 5.41) is 0.984. The summed E-state index contributed by atoms with van der Waals surface area (Å²) in [5.74, 6) is 0. The summed E-state index contributed by atoms with van der Waals surface area (Å²) in [6.45, 7) is 8.37. The summed E-state index contributed by atoms with van der Waals surface area (Å²) < 4.78 is 0. The molecule has 0 spiro atoms. The van der Waals surface area contributed by atoms with E-state index in [1.54, 1.807) is 34.0 Å². The first-order chi connectivity index (χ1) is 11.0. The summed E-state index contributed by atoms with van der Waals surface area (Å²) in [4.78, 5) is 15.5. The van der Waals surface area contributed by atoms with E-state index in [-0.39, 0.29) is 0 Å². The molecule has 3 aromatic heterocycles. The van der Waals surface area contributed by atoms with Gasteiger partial charge in [-0.3, -0.25) is 4.99 Å². The molecule has 0 unspecified atom stereocenters. The van der Waals surface area contributed by atoms with Gasteiger partial charge in [-0.2, -0.15) is 0 Å². The number of allylic oxidation sites excluding steroid dienone is 1. The maximum absolute atomic E-state index is 4.60. The summed E-state index contributed by atoms with van der Waals surface area (Å²) in [6, 6.07) is 8.60. The smallest absolute Gasteiger partial charge is 0.137 e. The van der Waals surface area contributed by atoms with Gasteiger partial charge in [-0.25, -0.2) is 4.98 Å². The highest BCUT2D eigenvalue weighted by Gasteiger charge is 2.08. The number of aliphatic imine (C=N–C) groups is 1. The second-order valence-corrected chi connectivity index (χ2v) is 8.98. The SMILES string of the molecule is CC(=N/C=C(\C)c1ccc(C)s1)c1ncc(-c2ccc(C)s2)s1. The van der Waals surface area contributed by atoms with Gasteiger partial charge in [0.05, 0.1) is 10.6 Å². The van der Waals surface area contributed by atoms with Crippen molar-refractivity contribution >= 4 is 45.3 Å². The second kappa shape index (κ2) is 6.91. The third-order valence-corrected chi connectivity index (χ3v) is 6.82. The molecule has 0 aliphatic carbocycles. The van der Waals surface area contributed by atoms with Gasteiger partial charge in [0, 0.05) is 31.9 Å². The first kappa shape index (κ1) is 16.3. The molecule has 0 amide bonds. The number of thiophene rings is 2. The van der Waals surface area contributed by atoms with E-state index >= 15 is 0 Å². The van der Waals surface area contributed by atoms with Crippen molar-refractivity contribution < 1.29 is 0 Å². The van der Waals surface area contributed by atoms with Crippen LogP contribution in [0.2, 0.25) is 0 Å². The fourth-order valence-corrected chi connectivity index (χ4v) is 4.72. The van der Waals surface area contributed by atoms with Crippen LogP contribution in [0.5, 0.6) is 0 Å². The van der Waals surface area contributed by atoms with Gasteiger partial charge in [0.25, 0.3) is 0 Å². The van der Waals surface area contributed by atoms with E-state index < -0.39 is 0 Å². The molecule has 3 aromatic rings. The fourth-order valence-electron chi connectivity index (χ4n) is 2.08. The maximum Gasteiger partial charge on any atom is 0.137 e. The monoisotopic (exact) mass is 358 g/mol. The number of rotatable bonds is 4. The topological polar surface area (TPSA) is 25.2 Å². The Balaban J connectivity index is 1.80. The van der Waals surface area contributed by atoms with Crippen LogP contribution < -0.4 is 0 Å². The molecular formula is C18H18N2S3. The molecule has 0 fully saturated rings. The number of nitrogens with zero attached hydrogens (tertiary/aromatic N) is 2. The minimum absolute atomic E-state index is 0.960. The van der Waals surface area contributed by atoms with E-state index in [1.165, 1.54) is 30.0 Å². The normalized spacial score (nSPS) is 12.9. The van der Waals surface area contributed by atoms with Crippen LogP contribution in [0.1, 0.15) is 33.5 Å². The molecule has 118 valence electrons. The number of hydrogen-bond acceptors (Lipinski definition) is 5. The van der Waals surface area contributed by atoms with Gasteiger partial charge >= 0.3 is 0 Å². The van der Waals surface area contributed by atoms with E-state index in [0.717, 1.165) is 10.7 Å². The molecule has 0 saturated heterocycles. The molecule has 2 nitrogen and oxygen atoms in total. The third kappa shape index (κ3) is 3.86. The van der Waals surface area contributed by atoms with Crippen molar-refractivity contribution in [1.29, 1.82) is 0 Å². The standard InChI is InChI=1S/C18H18N2S3/c1-11(15-7-5-12(2)21-15)9-19-14(4)18-20-10-17(23-18)16-8-6-13(3)22-16/h5-10H,1-4H3/b11-9+,19-14?. The predicted molar refractivity (Wildman–Crippen MR) is 105 cm³/mol. The van der Waals surface area contributed by atoms with Gasteiger partial charge in [-0.05, 0) is 57.5 Å². The largest absolute Gasteiger partial charge is 0.258 e. The zero-order valence-corrected chi connectivity index (χ0v) is 16.0. The number of aromatic nitrogens is 1. The Labute approximate surface area is 148 Å². The van der Waals surface area contributed by atoms with Crippen LogP contribution in [0.4, 0.5) is 0 Å². The molecule has 0 radical (unpaired) electrons. The van der Waals surface area contributed by atoms with Crippen molar-refractivity contribution in [2.75, 3.05) is 0 Å². The van der Waals surface area contributed by atoms with Crippen molar-refractivity contribution in [2.24, 2.45) is 4.99 Å². The van der Waals surface area contributed by atoms with Crippen molar-refractivity contribution in [1.82, 2.24) is 4.98 Å². The fraction of sp³-hybridized carbons (Fsp3) is 0.222. The van der Waals surface area contributed by atoms with E-state index in [1.807, 2.05) is 19.3 Å². The van der Waals surface area contributed by atoms with Crippen LogP contribution in [0.25, 0.3) is 15.3 Å². The Morgan fingerprint density at radius 1 is 0.957 bits per heavy atom. The molecule has 3 rings (SSSR count). The summed E-state index contributed by atoms with van der Waals surface area (Å²) >= 11 is 5.30. The van der Waals surface area contributed by atoms with Crippen LogP contribution in [0, 0.1) is 13.8 Å². The van der Waals surface area contributed by atoms with Gasteiger partial charge in [-0.1, -0.05) is 0 Å². The third-order valence-electron chi connectivity index (χ3n) is 3.38. The molecule has 0 bridgehead atoms. The van der Waals surface area contributed by atoms with Gasteiger partial charge in [-0.15, -0.1) is 34.0 Å². The Morgan fingerprint density at radius 3 is 2.35 bits per heavy atom. The second-order valence-electron chi connectivity index (χ2n) is 5.38. The molecule has 23 heavy (non-hydrogen) atoms. The summed E-state index contributed by atoms with van der Waals surface area (Å²) in [7, 11) is 0. The lowest BCUT2D eigenvalue weighted by Crippen LogP contribution is -1.91. The highest BCUT2D eigenvalue weighted by atomic mass is 32.1. The van der Waals surface area contributed by atoms with Crippen molar-refractivity contribution in [2.45, 2.75) is 27.7 Å². The lowest BCUT2D eigenvalue weighted by molar-refractivity contribution is 1.36. The highest BCUT2D eigenvalue weighted by Crippen LogP contribution is 2.32. The molecule has 0 aliphatic rings. The van der Waals surface area contributed by atoms with Crippen LogP contribution in [0.15, 0.2) is 41.7 Å². The zero-order valence-electron chi connectivity index (χ0n) is 13.6. The molecule has 0 aromatic carbocycles. The van der Waals surface area contributed by atoms with Crippen molar-refractivity contribution in [3.63, 3.8) is 0 Å². The molecule has 0 N–H and O–H groups in total. The van der Waals surface area contributed by atoms with Gasteiger partial charge in [0.2, 0.25) is 0 Å². The Bertz CT molecular complexity index is 878. The molecule has 0 saturated carbocycles. The van der Waals surface area contributed by atoms with Gasteiger partial charge in [0.15, 0.2) is 0 Å². The number of hydrogen-bond donors (Lipinski definition) is 0. The summed E-state index contributed by atoms with van der Waals surface area (Å²) in [6.07, 6.45) is 3.89. The van der Waals surface area contributed by atoms with Gasteiger partial charge < -0.3 is 0 Å². The van der Waals surface area contributed by atoms with E-state index in [9.17, 15) is 0 Å². The predicted octanol–water partition coefficient (Wildman–Crippen LogP) is 6.42. The Hall–Kier alpha value is -1.56. The van der Waals surface area contributed by atoms with Crippen LogP contribution >= 0.6 is 34.0 Å². The quantitative estimate of drug-likeness (QED) is 0.494. The first-order valence-corrected chi connectivity index (χ1v) is 9.79. The molecule has 0 aliphatic heterocycles. The van der Waals surface area contributed by atoms with Crippen molar-refractivity contribution in [3.8, 4) is 9.75 Å². The van der Waals surface area contributed by atoms with Crippen LogP contribution in [-0.4, -0.2) is 10.7 Å². The number of thiazole rings is 1. The highest BCUT2D eigenvalue weighted by molar-refractivity contribution is 7.22. The van der Waals surface area contributed by atoms with Gasteiger partial charge in [0.1, 0.15) is 5.01 Å². The zero-order chi connectivity index (χ0) is 16.4. The average Bonchev–Trinajstić information content (AvgIpc) is 3.24. The number of aryl methyl sites for hydroxylation is 2. The average molecular weight is 359 g/mol. The Kier molecular flexibility index (Phi) is 4.90. The maximum atomic E-state index is 4.60. The molecule has 3 heterocycles. The summed E-state index contributed by atoms with van der Waals surface area (Å²) in [5.41, 5.74) is 2.15. The Morgan fingerprint density at radius 2 is 1.70 bits per heavy atom. The van der Waals surface area contributed by atoms with E-state index in [4.69, 9.17) is 0 Å². The van der Waals surface area contributed by atoms with Crippen molar-refractivity contribution in [3.05, 3.63) is 56.3 Å².